The van der Waals surface area contributed by atoms with Crippen LogP contribution >= 0.6 is 0 Å². The average Bonchev–Trinajstić information content (AvgIpc) is 3.11. The van der Waals surface area contributed by atoms with E-state index >= 15 is 0 Å². The first kappa shape index (κ1) is 23.5. The molecule has 34 heavy (non-hydrogen) atoms. The number of likely N-dealkylation sites (N-methyl/N-ethyl adjacent to an activating group) is 1. The van der Waals surface area contributed by atoms with E-state index in [9.17, 15) is 0 Å². The molecule has 0 saturated carbocycles. The van der Waals surface area contributed by atoms with Crippen LogP contribution in [0.15, 0.2) is 47.7 Å². The third-order valence-corrected chi connectivity index (χ3v) is 9.46. The molecule has 0 radical (unpaired) electrons. The van der Waals surface area contributed by atoms with Crippen LogP contribution in [0.4, 0.5) is 0 Å². The van der Waals surface area contributed by atoms with E-state index in [1.54, 1.807) is 5.57 Å². The maximum atomic E-state index is 2.74. The molecule has 0 bridgehead atoms. The number of benzene rings is 1. The van der Waals surface area contributed by atoms with Gasteiger partial charge in [0.25, 0.3) is 5.82 Å². The third kappa shape index (κ3) is 2.67. The van der Waals surface area contributed by atoms with Gasteiger partial charge in [0.15, 0.2) is 11.0 Å². The number of nitrogens with zero attached hydrogens (tertiary/aromatic N) is 3. The molecule has 0 amide bonds. The van der Waals surface area contributed by atoms with Gasteiger partial charge in [-0.3, -0.25) is 0 Å². The topological polar surface area (TPSA) is 12.0 Å². The number of fused-ring (bicyclic) bond motifs is 3. The predicted molar refractivity (Wildman–Crippen MR) is 144 cm³/mol. The zero-order chi connectivity index (χ0) is 25.0. The molecule has 3 unspecified atom stereocenters. The highest BCUT2D eigenvalue weighted by Crippen LogP contribution is 2.58. The standard InChI is InChI=1S/C31H44N3/c1-12-30(9)20-18-24(28(3,4)5)32(11)23-19-25(29(6,7)8)33-21-16-14-15-17-22(21)34(27(33)26(20)23)31(30,10)13-2/h14-19,23H,12-13H2,1-11H3/q+1. The Morgan fingerprint density at radius 1 is 0.912 bits per heavy atom. The van der Waals surface area contributed by atoms with Crippen molar-refractivity contribution >= 4 is 22.3 Å². The van der Waals surface area contributed by atoms with Gasteiger partial charge in [-0.2, -0.15) is 4.57 Å². The van der Waals surface area contributed by atoms with Crippen LogP contribution < -0.4 is 4.57 Å². The molecule has 2 aromatic rings. The first-order valence-electron chi connectivity index (χ1n) is 13.2. The highest BCUT2D eigenvalue weighted by atomic mass is 15.3. The Kier molecular flexibility index (Phi) is 4.75. The lowest BCUT2D eigenvalue weighted by molar-refractivity contribution is -0.758. The summed E-state index contributed by atoms with van der Waals surface area (Å²) in [5, 5.41) is 0. The molecule has 5 rings (SSSR count). The van der Waals surface area contributed by atoms with Crippen molar-refractivity contribution in [1.82, 2.24) is 9.47 Å². The molecule has 3 atom stereocenters. The van der Waals surface area contributed by atoms with E-state index in [0.29, 0.717) is 0 Å². The lowest BCUT2D eigenvalue weighted by Gasteiger charge is -2.53. The normalized spacial score (nSPS) is 28.8. The summed E-state index contributed by atoms with van der Waals surface area (Å²) in [7, 11) is 2.31. The Morgan fingerprint density at radius 3 is 2.09 bits per heavy atom. The minimum Gasteiger partial charge on any atom is -0.366 e. The van der Waals surface area contributed by atoms with Crippen molar-refractivity contribution in [2.24, 2.45) is 16.2 Å². The molecule has 3 aliphatic rings. The Hall–Kier alpha value is -2.29. The van der Waals surface area contributed by atoms with Crippen molar-refractivity contribution in [1.29, 1.82) is 0 Å². The summed E-state index contributed by atoms with van der Waals surface area (Å²) in [6.45, 7) is 24.0. The molecule has 1 aromatic carbocycles. The molecule has 0 N–H and O–H groups in total. The van der Waals surface area contributed by atoms with Crippen LogP contribution in [-0.2, 0) is 5.54 Å². The molecule has 0 aliphatic carbocycles. The number of hydrogen-bond donors (Lipinski definition) is 0. The lowest BCUT2D eigenvalue weighted by atomic mass is 9.58. The second-order valence-corrected chi connectivity index (χ2v) is 13.3. The highest BCUT2D eigenvalue weighted by Gasteiger charge is 2.60. The predicted octanol–water partition coefficient (Wildman–Crippen LogP) is 7.38. The van der Waals surface area contributed by atoms with E-state index in [2.05, 4.69) is 127 Å². The second-order valence-electron chi connectivity index (χ2n) is 13.3. The van der Waals surface area contributed by atoms with E-state index in [1.807, 2.05) is 0 Å². The average molecular weight is 459 g/mol. The van der Waals surface area contributed by atoms with Gasteiger partial charge in [0.1, 0.15) is 11.2 Å². The lowest BCUT2D eigenvalue weighted by Crippen LogP contribution is -2.68. The smallest absolute Gasteiger partial charge is 0.293 e. The maximum Gasteiger partial charge on any atom is 0.293 e. The van der Waals surface area contributed by atoms with Crippen LogP contribution in [0.3, 0.4) is 0 Å². The summed E-state index contributed by atoms with van der Waals surface area (Å²) in [6.07, 6.45) is 7.35. The summed E-state index contributed by atoms with van der Waals surface area (Å²) in [4.78, 5) is 2.56. The fraction of sp³-hybridized carbons (Fsp3) is 0.581. The van der Waals surface area contributed by atoms with Gasteiger partial charge in [-0.15, -0.1) is 0 Å². The minimum atomic E-state index is -0.0267. The quantitative estimate of drug-likeness (QED) is 0.428. The van der Waals surface area contributed by atoms with Crippen molar-refractivity contribution in [3.05, 3.63) is 53.5 Å². The number of aromatic nitrogens is 2. The summed E-state index contributed by atoms with van der Waals surface area (Å²) in [6, 6.07) is 9.33. The van der Waals surface area contributed by atoms with Crippen molar-refractivity contribution in [2.45, 2.75) is 93.7 Å². The largest absolute Gasteiger partial charge is 0.366 e. The molecular weight excluding hydrogens is 414 g/mol. The van der Waals surface area contributed by atoms with E-state index in [1.165, 1.54) is 33.8 Å². The SMILES string of the molecule is CCC1(C)C2=C3c4n(c5ccccc5[n+]4C1(C)CC)C(C(C)(C)C)=CC3N(C)C(C(C)(C)C)=C2. The van der Waals surface area contributed by atoms with Crippen LogP contribution in [0.5, 0.6) is 0 Å². The van der Waals surface area contributed by atoms with Crippen molar-refractivity contribution < 1.29 is 4.57 Å². The molecule has 3 aliphatic heterocycles. The van der Waals surface area contributed by atoms with Crippen LogP contribution in [0.25, 0.3) is 22.3 Å². The third-order valence-electron chi connectivity index (χ3n) is 9.46. The maximum absolute atomic E-state index is 2.74. The zero-order valence-electron chi connectivity index (χ0n) is 23.3. The van der Waals surface area contributed by atoms with E-state index in [4.69, 9.17) is 0 Å². The van der Waals surface area contributed by atoms with Gasteiger partial charge < -0.3 is 4.90 Å². The van der Waals surface area contributed by atoms with Gasteiger partial charge in [0.2, 0.25) is 0 Å². The van der Waals surface area contributed by atoms with Gasteiger partial charge in [-0.05, 0) is 49.6 Å². The van der Waals surface area contributed by atoms with E-state index in [-0.39, 0.29) is 27.8 Å². The Balaban J connectivity index is 2.05. The monoisotopic (exact) mass is 458 g/mol. The Morgan fingerprint density at radius 2 is 1.53 bits per heavy atom. The molecule has 3 nitrogen and oxygen atoms in total. The molecular formula is C31H44N3+. The first-order chi connectivity index (χ1) is 15.7. The number of imidazole rings is 1. The molecule has 0 spiro atoms. The molecule has 1 aromatic heterocycles. The number of hydrogen-bond acceptors (Lipinski definition) is 1. The molecule has 3 heteroatoms. The van der Waals surface area contributed by atoms with E-state index in [0.717, 1.165) is 12.8 Å². The highest BCUT2D eigenvalue weighted by molar-refractivity contribution is 5.89. The van der Waals surface area contributed by atoms with Crippen LogP contribution in [0.2, 0.25) is 0 Å². The van der Waals surface area contributed by atoms with Gasteiger partial charge in [0.05, 0.1) is 11.6 Å². The zero-order valence-corrected chi connectivity index (χ0v) is 23.3. The number of allylic oxidation sites excluding steroid dienone is 4. The fourth-order valence-corrected chi connectivity index (χ4v) is 7.09. The summed E-state index contributed by atoms with van der Waals surface area (Å²) in [5.74, 6) is 1.40. The Labute approximate surface area is 206 Å². The molecule has 0 fully saturated rings. The van der Waals surface area contributed by atoms with Crippen molar-refractivity contribution in [3.8, 4) is 0 Å². The summed E-state index contributed by atoms with van der Waals surface area (Å²) < 4.78 is 5.34. The Bertz CT molecular complexity index is 1290. The van der Waals surface area contributed by atoms with Crippen molar-refractivity contribution in [3.63, 3.8) is 0 Å². The first-order valence-corrected chi connectivity index (χ1v) is 13.2. The van der Waals surface area contributed by atoms with Crippen molar-refractivity contribution in [2.75, 3.05) is 7.05 Å². The summed E-state index contributed by atoms with van der Waals surface area (Å²) >= 11 is 0. The minimum absolute atomic E-state index is 0.0267. The van der Waals surface area contributed by atoms with E-state index < -0.39 is 0 Å². The van der Waals surface area contributed by atoms with Crippen LogP contribution in [0.1, 0.15) is 87.9 Å². The van der Waals surface area contributed by atoms with Gasteiger partial charge in [-0.1, -0.05) is 74.4 Å². The number of rotatable bonds is 2. The molecule has 0 saturated heterocycles. The van der Waals surface area contributed by atoms with Gasteiger partial charge >= 0.3 is 0 Å². The van der Waals surface area contributed by atoms with Crippen LogP contribution in [-0.4, -0.2) is 22.6 Å². The van der Waals surface area contributed by atoms with Crippen LogP contribution in [0, 0.1) is 16.2 Å². The fourth-order valence-electron chi connectivity index (χ4n) is 7.09. The van der Waals surface area contributed by atoms with Gasteiger partial charge in [0, 0.05) is 29.0 Å². The van der Waals surface area contributed by atoms with Gasteiger partial charge in [-0.25, -0.2) is 4.57 Å². The second kappa shape index (κ2) is 6.89. The number of para-hydroxylation sites is 2. The molecule has 4 heterocycles. The summed E-state index contributed by atoms with van der Waals surface area (Å²) in [5.41, 5.74) is 8.72. The molecule has 182 valence electrons.